The van der Waals surface area contributed by atoms with Gasteiger partial charge in [-0.25, -0.2) is 4.79 Å². The highest BCUT2D eigenvalue weighted by molar-refractivity contribution is 5.94. The number of hydrogen-bond donors (Lipinski definition) is 2. The van der Waals surface area contributed by atoms with Crippen molar-refractivity contribution in [1.82, 2.24) is 0 Å². The van der Waals surface area contributed by atoms with E-state index in [1.807, 2.05) is 0 Å². The lowest BCUT2D eigenvalue weighted by Crippen LogP contribution is -2.50. The van der Waals surface area contributed by atoms with Crippen LogP contribution in [-0.4, -0.2) is 42.3 Å². The van der Waals surface area contributed by atoms with Crippen molar-refractivity contribution in [3.63, 3.8) is 0 Å². The van der Waals surface area contributed by atoms with Gasteiger partial charge in [-0.05, 0) is 38.8 Å². The molecule has 0 radical (unpaired) electrons. The number of ether oxygens (including phenoxy) is 2. The van der Waals surface area contributed by atoms with Gasteiger partial charge in [0.1, 0.15) is 0 Å². The first kappa shape index (κ1) is 24.4. The van der Waals surface area contributed by atoms with E-state index in [-0.39, 0.29) is 42.9 Å². The summed E-state index contributed by atoms with van der Waals surface area (Å²) in [4.78, 5) is 35.3. The molecule has 0 aromatic heterocycles. The maximum absolute atomic E-state index is 13.5. The zero-order chi connectivity index (χ0) is 22.4. The summed E-state index contributed by atoms with van der Waals surface area (Å²) >= 11 is 0. The molecule has 0 saturated heterocycles. The molecule has 0 saturated carbocycles. The van der Waals surface area contributed by atoms with Gasteiger partial charge >= 0.3 is 18.1 Å². The number of carbonyl (C=O) groups excluding carboxylic acids is 3. The van der Waals surface area contributed by atoms with Gasteiger partial charge in [0.15, 0.2) is 0 Å². The molecule has 0 fully saturated rings. The Kier molecular flexibility index (Phi) is 8.19. The summed E-state index contributed by atoms with van der Waals surface area (Å²) in [6.45, 7) is 5.62. The van der Waals surface area contributed by atoms with Gasteiger partial charge in [-0.2, -0.15) is 13.2 Å². The highest BCUT2D eigenvalue weighted by Crippen LogP contribution is 2.41. The van der Waals surface area contributed by atoms with E-state index in [1.165, 1.54) is 20.8 Å². The third-order valence-corrected chi connectivity index (χ3v) is 4.06. The lowest BCUT2D eigenvalue weighted by Gasteiger charge is -2.29. The predicted octanol–water partition coefficient (Wildman–Crippen LogP) is 2.90. The number of esters is 2. The Morgan fingerprint density at radius 2 is 1.52 bits per heavy atom. The van der Waals surface area contributed by atoms with Crippen LogP contribution >= 0.6 is 0 Å². The molecular formula is C19H24F3NO6. The van der Waals surface area contributed by atoms with Crippen LogP contribution in [0.25, 0.3) is 0 Å². The zero-order valence-electron chi connectivity index (χ0n) is 16.6. The van der Waals surface area contributed by atoms with Crippen LogP contribution in [-0.2, 0) is 29.5 Å². The molecule has 7 nitrogen and oxygen atoms in total. The van der Waals surface area contributed by atoms with E-state index in [0.717, 1.165) is 12.1 Å². The molecule has 0 heterocycles. The molecule has 0 aliphatic carbocycles. The first-order valence-electron chi connectivity index (χ1n) is 8.91. The first-order chi connectivity index (χ1) is 13.4. The maximum atomic E-state index is 13.5. The molecule has 1 atom stereocenters. The molecule has 1 rings (SSSR count). The fourth-order valence-corrected chi connectivity index (χ4v) is 2.65. The molecule has 0 aliphatic heterocycles. The molecule has 1 aromatic rings. The minimum absolute atomic E-state index is 0.146. The average Bonchev–Trinajstić information content (AvgIpc) is 2.61. The van der Waals surface area contributed by atoms with Crippen LogP contribution in [0.5, 0.6) is 0 Å². The number of aliphatic hydroxyl groups is 1. The Morgan fingerprint density at radius 3 is 1.97 bits per heavy atom. The number of alkyl halides is 3. The topological polar surface area (TPSA) is 102 Å². The van der Waals surface area contributed by atoms with Crippen LogP contribution in [0.1, 0.15) is 43.4 Å². The second-order valence-corrected chi connectivity index (χ2v) is 6.27. The molecule has 10 heteroatoms. The summed E-state index contributed by atoms with van der Waals surface area (Å²) in [5.41, 5.74) is -3.96. The number of aryl methyl sites for hydroxylation is 2. The highest BCUT2D eigenvalue weighted by atomic mass is 19.4. The van der Waals surface area contributed by atoms with Crippen LogP contribution in [0.4, 0.5) is 18.9 Å². The largest absolute Gasteiger partial charge is 0.466 e. The lowest BCUT2D eigenvalue weighted by molar-refractivity contribution is -0.267. The van der Waals surface area contributed by atoms with E-state index in [1.54, 1.807) is 6.92 Å². The molecular weight excluding hydrogens is 395 g/mol. The van der Waals surface area contributed by atoms with Crippen LogP contribution in [0, 0.1) is 13.8 Å². The third-order valence-electron chi connectivity index (χ3n) is 4.06. The summed E-state index contributed by atoms with van der Waals surface area (Å²) in [5, 5.41) is 12.7. The quantitative estimate of drug-likeness (QED) is 0.629. The molecule has 1 amide bonds. The van der Waals surface area contributed by atoms with Gasteiger partial charge in [0.25, 0.3) is 5.60 Å². The van der Waals surface area contributed by atoms with Crippen molar-refractivity contribution in [2.45, 2.75) is 52.3 Å². The van der Waals surface area contributed by atoms with Gasteiger partial charge in [0, 0.05) is 17.7 Å². The Hall–Kier alpha value is -2.62. The monoisotopic (exact) mass is 419 g/mol. The summed E-state index contributed by atoms with van der Waals surface area (Å²) in [5.74, 6) is -2.91. The number of carbonyl (C=O) groups is 3. The summed E-state index contributed by atoms with van der Waals surface area (Å²) in [6, 6.07) is 1.91. The molecule has 29 heavy (non-hydrogen) atoms. The molecule has 2 N–H and O–H groups in total. The van der Waals surface area contributed by atoms with Crippen molar-refractivity contribution in [1.29, 1.82) is 0 Å². The van der Waals surface area contributed by atoms with Crippen molar-refractivity contribution in [3.8, 4) is 0 Å². The Morgan fingerprint density at radius 1 is 1.00 bits per heavy atom. The normalized spacial score (nSPS) is 13.4. The van der Waals surface area contributed by atoms with E-state index in [4.69, 9.17) is 4.74 Å². The average molecular weight is 419 g/mol. The Bertz CT molecular complexity index is 755. The molecule has 1 unspecified atom stereocenters. The van der Waals surface area contributed by atoms with Crippen molar-refractivity contribution >= 4 is 23.5 Å². The van der Waals surface area contributed by atoms with Gasteiger partial charge in [0.2, 0.25) is 5.91 Å². The summed E-state index contributed by atoms with van der Waals surface area (Å²) < 4.78 is 49.7. The number of nitrogens with one attached hydrogen (secondary N) is 1. The number of benzene rings is 1. The number of halogens is 3. The van der Waals surface area contributed by atoms with Gasteiger partial charge in [-0.3, -0.25) is 9.59 Å². The number of amides is 1. The van der Waals surface area contributed by atoms with Crippen molar-refractivity contribution in [2.75, 3.05) is 18.5 Å². The molecule has 0 aliphatic rings. The van der Waals surface area contributed by atoms with E-state index in [9.17, 15) is 32.7 Å². The minimum Gasteiger partial charge on any atom is -0.466 e. The smallest absolute Gasteiger partial charge is 0.432 e. The molecule has 1 aromatic carbocycles. The minimum atomic E-state index is -5.32. The van der Waals surface area contributed by atoms with Crippen molar-refractivity contribution in [2.24, 2.45) is 0 Å². The lowest BCUT2D eigenvalue weighted by atomic mass is 9.89. The van der Waals surface area contributed by atoms with Crippen LogP contribution in [0.3, 0.4) is 0 Å². The second kappa shape index (κ2) is 9.73. The van der Waals surface area contributed by atoms with Gasteiger partial charge in [0.05, 0.1) is 19.6 Å². The van der Waals surface area contributed by atoms with Crippen LogP contribution in [0.2, 0.25) is 0 Å². The number of anilines is 1. The molecule has 0 spiro atoms. The second-order valence-electron chi connectivity index (χ2n) is 6.27. The Balaban J connectivity index is 3.17. The maximum Gasteiger partial charge on any atom is 0.432 e. The van der Waals surface area contributed by atoms with Gasteiger partial charge < -0.3 is 19.9 Å². The van der Waals surface area contributed by atoms with E-state index in [2.05, 4.69) is 10.1 Å². The van der Waals surface area contributed by atoms with Crippen molar-refractivity contribution in [3.05, 3.63) is 28.8 Å². The molecule has 0 bridgehead atoms. The highest BCUT2D eigenvalue weighted by Gasteiger charge is 2.62. The fourth-order valence-electron chi connectivity index (χ4n) is 2.65. The number of rotatable bonds is 8. The van der Waals surface area contributed by atoms with Crippen LogP contribution in [0.15, 0.2) is 12.1 Å². The van der Waals surface area contributed by atoms with Crippen LogP contribution < -0.4 is 5.32 Å². The summed E-state index contributed by atoms with van der Waals surface area (Å²) in [6.07, 6.45) is -5.64. The summed E-state index contributed by atoms with van der Waals surface area (Å²) in [7, 11) is 0. The number of hydrogen-bond acceptors (Lipinski definition) is 6. The van der Waals surface area contributed by atoms with E-state index < -0.39 is 35.2 Å². The van der Waals surface area contributed by atoms with Gasteiger partial charge in [-0.15, -0.1) is 0 Å². The molecule has 162 valence electrons. The van der Waals surface area contributed by atoms with E-state index >= 15 is 0 Å². The Labute approximate surface area is 166 Å². The predicted molar refractivity (Wildman–Crippen MR) is 97.0 cm³/mol. The fraction of sp³-hybridized carbons (Fsp3) is 0.526. The first-order valence-corrected chi connectivity index (χ1v) is 8.91. The third kappa shape index (κ3) is 5.69. The van der Waals surface area contributed by atoms with E-state index in [0.29, 0.717) is 0 Å². The zero-order valence-corrected chi connectivity index (χ0v) is 16.6. The SMILES string of the molecule is CCOC(=O)CCC(=O)Nc1c(C)cc(C(O)(C(=O)OCC)C(F)(F)F)cc1C. The van der Waals surface area contributed by atoms with Crippen molar-refractivity contribution < 1.29 is 42.1 Å². The standard InChI is InChI=1S/C19H24F3NO6/c1-5-28-15(25)8-7-14(24)23-16-11(3)9-13(10-12(16)4)18(27,19(20,21)22)17(26)29-6-2/h9-10,27H,5-8H2,1-4H3,(H,23,24). The van der Waals surface area contributed by atoms with Gasteiger partial charge in [-0.1, -0.05) is 12.1 Å².